The smallest absolute Gasteiger partial charge is 0.345 e. The third-order valence-electron chi connectivity index (χ3n) is 2.78. The largest absolute Gasteiger partial charge is 0.390 e. The minimum absolute atomic E-state index is 0.224. The van der Waals surface area contributed by atoms with Gasteiger partial charge in [-0.1, -0.05) is 12.1 Å². The van der Waals surface area contributed by atoms with Gasteiger partial charge in [0.05, 0.1) is 11.1 Å². The zero-order valence-electron chi connectivity index (χ0n) is 11.9. The predicted molar refractivity (Wildman–Crippen MR) is 76.1 cm³/mol. The Labute approximate surface area is 125 Å². The van der Waals surface area contributed by atoms with Crippen LogP contribution >= 0.6 is 0 Å². The van der Waals surface area contributed by atoms with Crippen molar-refractivity contribution in [1.82, 2.24) is 0 Å². The summed E-state index contributed by atoms with van der Waals surface area (Å²) < 4.78 is 9.00. The van der Waals surface area contributed by atoms with Crippen molar-refractivity contribution in [2.75, 3.05) is 0 Å². The summed E-state index contributed by atoms with van der Waals surface area (Å²) in [5.74, 6) is -2.86. The lowest BCUT2D eigenvalue weighted by Gasteiger charge is -2.05. The van der Waals surface area contributed by atoms with Crippen molar-refractivity contribution in [2.24, 2.45) is 0 Å². The van der Waals surface area contributed by atoms with Gasteiger partial charge in [0.15, 0.2) is 0 Å². The van der Waals surface area contributed by atoms with Crippen LogP contribution in [-0.4, -0.2) is 23.9 Å². The zero-order valence-corrected chi connectivity index (χ0v) is 11.9. The van der Waals surface area contributed by atoms with E-state index in [0.717, 1.165) is 13.8 Å². The van der Waals surface area contributed by atoms with Gasteiger partial charge in [0, 0.05) is 13.8 Å². The molecule has 2 rings (SSSR count). The Morgan fingerprint density at radius 3 is 1.36 bits per heavy atom. The molecule has 0 saturated heterocycles. The van der Waals surface area contributed by atoms with E-state index >= 15 is 0 Å². The molecule has 0 amide bonds. The molecule has 112 valence electrons. The van der Waals surface area contributed by atoms with Crippen LogP contribution in [0.15, 0.2) is 36.4 Å². The molecule has 6 heteroatoms. The maximum Gasteiger partial charge on any atom is 0.345 e. The second kappa shape index (κ2) is 6.17. The zero-order chi connectivity index (χ0) is 16.3. The molecule has 0 bridgehead atoms. The van der Waals surface area contributed by atoms with E-state index in [9.17, 15) is 19.2 Å². The van der Waals surface area contributed by atoms with Gasteiger partial charge in [-0.2, -0.15) is 0 Å². The summed E-state index contributed by atoms with van der Waals surface area (Å²) in [7, 11) is 0. The van der Waals surface area contributed by atoms with Crippen LogP contribution in [0, 0.1) is 0 Å². The summed E-state index contributed by atoms with van der Waals surface area (Å²) in [5, 5.41) is 1.36. The number of carbonyl (C=O) groups excluding carboxylic acids is 4. The molecule has 0 atom stereocenters. The van der Waals surface area contributed by atoms with Crippen molar-refractivity contribution < 1.29 is 28.7 Å². The van der Waals surface area contributed by atoms with Crippen molar-refractivity contribution >= 4 is 34.6 Å². The maximum atomic E-state index is 11.6. The van der Waals surface area contributed by atoms with E-state index in [1.807, 2.05) is 0 Å². The van der Waals surface area contributed by atoms with Crippen molar-refractivity contribution in [3.05, 3.63) is 47.5 Å². The average molecular weight is 300 g/mol. The number of carbonyl (C=O) groups is 4. The van der Waals surface area contributed by atoms with Crippen LogP contribution in [0.5, 0.6) is 0 Å². The number of rotatable bonds is 2. The molecular weight excluding hydrogens is 288 g/mol. The molecule has 0 aliphatic rings. The van der Waals surface area contributed by atoms with Crippen LogP contribution in [-0.2, 0) is 19.1 Å². The Balaban J connectivity index is 2.33. The summed E-state index contributed by atoms with van der Waals surface area (Å²) in [6.45, 7) is 2.29. The summed E-state index contributed by atoms with van der Waals surface area (Å²) in [6.07, 6.45) is 0. The van der Waals surface area contributed by atoms with Gasteiger partial charge in [-0.15, -0.1) is 0 Å². The number of esters is 4. The van der Waals surface area contributed by atoms with E-state index in [1.165, 1.54) is 12.1 Å². The SMILES string of the molecule is CC(=O)OC(=O)c1ccc2cc(C(=O)OC(C)=O)ccc2c1. The van der Waals surface area contributed by atoms with E-state index in [1.54, 1.807) is 24.3 Å². The highest BCUT2D eigenvalue weighted by molar-refractivity contribution is 6.02. The van der Waals surface area contributed by atoms with Crippen LogP contribution in [0.3, 0.4) is 0 Å². The highest BCUT2D eigenvalue weighted by Gasteiger charge is 2.13. The molecule has 0 heterocycles. The van der Waals surface area contributed by atoms with Crippen LogP contribution in [0.2, 0.25) is 0 Å². The lowest BCUT2D eigenvalue weighted by molar-refractivity contribution is -0.136. The van der Waals surface area contributed by atoms with Crippen molar-refractivity contribution in [3.8, 4) is 0 Å². The van der Waals surface area contributed by atoms with Gasteiger partial charge in [-0.25, -0.2) is 9.59 Å². The fraction of sp³-hybridized carbons (Fsp3) is 0.125. The van der Waals surface area contributed by atoms with Crippen LogP contribution in [0.25, 0.3) is 10.8 Å². The molecule has 0 fully saturated rings. The van der Waals surface area contributed by atoms with Crippen molar-refractivity contribution in [2.45, 2.75) is 13.8 Å². The van der Waals surface area contributed by atoms with Gasteiger partial charge in [0.25, 0.3) is 0 Å². The lowest BCUT2D eigenvalue weighted by atomic mass is 10.0. The molecule has 0 unspecified atom stereocenters. The van der Waals surface area contributed by atoms with Gasteiger partial charge < -0.3 is 9.47 Å². The standard InChI is InChI=1S/C16H12O6/c1-9(17)21-15(19)13-5-3-12-8-14(6-4-11(12)7-13)16(20)22-10(2)18/h3-8H,1-2H3. The van der Waals surface area contributed by atoms with Crippen molar-refractivity contribution in [3.63, 3.8) is 0 Å². The van der Waals surface area contributed by atoms with Crippen LogP contribution < -0.4 is 0 Å². The highest BCUT2D eigenvalue weighted by atomic mass is 16.6. The first-order valence-electron chi connectivity index (χ1n) is 6.36. The van der Waals surface area contributed by atoms with Gasteiger partial charge in [0.2, 0.25) is 0 Å². The van der Waals surface area contributed by atoms with Gasteiger partial charge in [-0.05, 0) is 35.0 Å². The number of hydrogen-bond donors (Lipinski definition) is 0. The first-order chi connectivity index (χ1) is 10.4. The Hall–Kier alpha value is -3.02. The average Bonchev–Trinajstić information content (AvgIpc) is 2.44. The topological polar surface area (TPSA) is 86.7 Å². The number of benzene rings is 2. The minimum atomic E-state index is -0.741. The molecule has 0 radical (unpaired) electrons. The third kappa shape index (κ3) is 3.54. The quantitative estimate of drug-likeness (QED) is 0.624. The molecule has 22 heavy (non-hydrogen) atoms. The summed E-state index contributed by atoms with van der Waals surface area (Å²) in [5.41, 5.74) is 0.448. The molecule has 0 N–H and O–H groups in total. The van der Waals surface area contributed by atoms with Crippen LogP contribution in [0.4, 0.5) is 0 Å². The lowest BCUT2D eigenvalue weighted by Crippen LogP contribution is -2.10. The second-order valence-electron chi connectivity index (χ2n) is 4.54. The molecule has 0 aliphatic heterocycles. The fourth-order valence-corrected chi connectivity index (χ4v) is 1.88. The number of fused-ring (bicyclic) bond motifs is 1. The molecule has 2 aromatic carbocycles. The summed E-state index contributed by atoms with van der Waals surface area (Å²) in [4.78, 5) is 44.8. The Morgan fingerprint density at radius 1 is 0.682 bits per heavy atom. The molecule has 0 aliphatic carbocycles. The molecule has 0 spiro atoms. The van der Waals surface area contributed by atoms with Gasteiger partial charge >= 0.3 is 23.9 Å². The number of hydrogen-bond acceptors (Lipinski definition) is 6. The molecule has 2 aromatic rings. The molecule has 0 aromatic heterocycles. The van der Waals surface area contributed by atoms with Gasteiger partial charge in [-0.3, -0.25) is 9.59 Å². The summed E-state index contributed by atoms with van der Waals surface area (Å²) in [6, 6.07) is 9.26. The molecule has 0 saturated carbocycles. The van der Waals surface area contributed by atoms with E-state index in [-0.39, 0.29) is 11.1 Å². The first-order valence-corrected chi connectivity index (χ1v) is 6.36. The predicted octanol–water partition coefficient (Wildman–Crippen LogP) is 2.25. The first kappa shape index (κ1) is 15.4. The Kier molecular flexibility index (Phi) is 4.31. The van der Waals surface area contributed by atoms with Crippen LogP contribution in [0.1, 0.15) is 34.6 Å². The normalized spacial score (nSPS) is 10.1. The molecule has 6 nitrogen and oxygen atoms in total. The Morgan fingerprint density at radius 2 is 1.05 bits per heavy atom. The Bertz CT molecular complexity index is 723. The maximum absolute atomic E-state index is 11.6. The van der Waals surface area contributed by atoms with E-state index in [4.69, 9.17) is 0 Å². The fourth-order valence-electron chi connectivity index (χ4n) is 1.88. The van der Waals surface area contributed by atoms with Gasteiger partial charge in [0.1, 0.15) is 0 Å². The highest BCUT2D eigenvalue weighted by Crippen LogP contribution is 2.19. The minimum Gasteiger partial charge on any atom is -0.390 e. The second-order valence-corrected chi connectivity index (χ2v) is 4.54. The third-order valence-corrected chi connectivity index (χ3v) is 2.78. The number of ether oxygens (including phenoxy) is 2. The molecular formula is C16H12O6. The van der Waals surface area contributed by atoms with Crippen molar-refractivity contribution in [1.29, 1.82) is 0 Å². The summed E-state index contributed by atoms with van der Waals surface area (Å²) >= 11 is 0. The van der Waals surface area contributed by atoms with E-state index < -0.39 is 23.9 Å². The van der Waals surface area contributed by atoms with E-state index in [2.05, 4.69) is 9.47 Å². The monoisotopic (exact) mass is 300 g/mol. The van der Waals surface area contributed by atoms with E-state index in [0.29, 0.717) is 10.8 Å².